The van der Waals surface area contributed by atoms with Crippen molar-refractivity contribution in [1.29, 1.82) is 0 Å². The van der Waals surface area contributed by atoms with Crippen LogP contribution >= 0.6 is 11.6 Å². The van der Waals surface area contributed by atoms with E-state index in [1.165, 1.54) is 6.07 Å². The molecule has 2 aliphatic rings. The molecule has 1 atom stereocenters. The number of piperazine rings is 1. The predicted molar refractivity (Wildman–Crippen MR) is 168 cm³/mol. The molecule has 4 heterocycles. The number of alkyl halides is 3. The summed E-state index contributed by atoms with van der Waals surface area (Å²) in [6.07, 6.45) is -2.59. The molecule has 2 fully saturated rings. The number of halogens is 4. The van der Waals surface area contributed by atoms with Gasteiger partial charge in [-0.2, -0.15) is 23.1 Å². The number of likely N-dealkylation sites (tertiary alicyclic amines) is 1. The molecule has 0 unspecified atom stereocenters. The van der Waals surface area contributed by atoms with Crippen molar-refractivity contribution in [2.45, 2.75) is 44.5 Å². The zero-order valence-electron chi connectivity index (χ0n) is 24.9. The van der Waals surface area contributed by atoms with Gasteiger partial charge in [-0.05, 0) is 76.7 Å². The van der Waals surface area contributed by atoms with Crippen LogP contribution in [0.4, 0.5) is 30.5 Å². The number of anilines is 3. The highest BCUT2D eigenvalue weighted by Crippen LogP contribution is 2.42. The van der Waals surface area contributed by atoms with Crippen molar-refractivity contribution < 1.29 is 17.9 Å². The van der Waals surface area contributed by atoms with Gasteiger partial charge in [0.05, 0.1) is 21.8 Å². The second-order valence-corrected chi connectivity index (χ2v) is 12.2. The van der Waals surface area contributed by atoms with Gasteiger partial charge in [-0.3, -0.25) is 4.90 Å². The Morgan fingerprint density at radius 1 is 0.977 bits per heavy atom. The summed E-state index contributed by atoms with van der Waals surface area (Å²) in [7, 11) is 2.08. The first kappa shape index (κ1) is 30.4. The Balaban J connectivity index is 1.48. The zero-order chi connectivity index (χ0) is 31.1. The molecular weight excluding hydrogens is 591 g/mol. The minimum absolute atomic E-state index is 0.119. The van der Waals surface area contributed by atoms with E-state index in [2.05, 4.69) is 32.5 Å². The van der Waals surface area contributed by atoms with E-state index < -0.39 is 17.3 Å². The normalized spacial score (nSPS) is 18.2. The SMILES string of the molecule is CN1CCC[C@H]1C(C)(C)Oc1nc(N2CCNCC2)c2cc(Cl)c(-c3nc(Nc4ccccc4)ccc3C(F)(F)F)cc2n1. The molecule has 12 heteroatoms. The van der Waals surface area contributed by atoms with Crippen LogP contribution in [-0.2, 0) is 6.18 Å². The summed E-state index contributed by atoms with van der Waals surface area (Å²) in [6.45, 7) is 7.97. The number of hydrogen-bond donors (Lipinski definition) is 2. The van der Waals surface area contributed by atoms with Crippen molar-refractivity contribution in [2.75, 3.05) is 50.0 Å². The third kappa shape index (κ3) is 6.27. The van der Waals surface area contributed by atoms with Crippen LogP contribution in [0.1, 0.15) is 32.3 Å². The van der Waals surface area contributed by atoms with Gasteiger partial charge in [0.1, 0.15) is 17.2 Å². The molecule has 0 spiro atoms. The van der Waals surface area contributed by atoms with Gasteiger partial charge in [-0.15, -0.1) is 0 Å². The van der Waals surface area contributed by atoms with Crippen LogP contribution in [0, 0.1) is 0 Å². The first-order valence-electron chi connectivity index (χ1n) is 14.8. The lowest BCUT2D eigenvalue weighted by atomic mass is 9.96. The van der Waals surface area contributed by atoms with Gasteiger partial charge in [-0.1, -0.05) is 29.8 Å². The fraction of sp³-hybridized carbons (Fsp3) is 0.406. The van der Waals surface area contributed by atoms with E-state index in [0.29, 0.717) is 35.5 Å². The highest BCUT2D eigenvalue weighted by Gasteiger charge is 2.39. The molecule has 2 saturated heterocycles. The smallest absolute Gasteiger partial charge is 0.418 e. The second kappa shape index (κ2) is 12.0. The fourth-order valence-electron chi connectivity index (χ4n) is 6.18. The summed E-state index contributed by atoms with van der Waals surface area (Å²) in [5, 5.41) is 7.18. The molecule has 4 aromatic rings. The highest BCUT2D eigenvalue weighted by molar-refractivity contribution is 6.34. The van der Waals surface area contributed by atoms with Crippen molar-refractivity contribution in [1.82, 2.24) is 25.2 Å². The predicted octanol–water partition coefficient (Wildman–Crippen LogP) is 6.77. The zero-order valence-corrected chi connectivity index (χ0v) is 25.6. The van der Waals surface area contributed by atoms with Crippen molar-refractivity contribution in [3.8, 4) is 17.3 Å². The van der Waals surface area contributed by atoms with Gasteiger partial charge in [0.2, 0.25) is 0 Å². The van der Waals surface area contributed by atoms with E-state index in [1.54, 1.807) is 12.1 Å². The maximum absolute atomic E-state index is 14.3. The lowest BCUT2D eigenvalue weighted by Crippen LogP contribution is -2.48. The van der Waals surface area contributed by atoms with Crippen molar-refractivity contribution in [2.24, 2.45) is 0 Å². The van der Waals surface area contributed by atoms with Crippen molar-refractivity contribution in [3.05, 3.63) is 65.2 Å². The molecule has 2 aromatic carbocycles. The van der Waals surface area contributed by atoms with Crippen LogP contribution in [0.2, 0.25) is 5.02 Å². The maximum Gasteiger partial charge on any atom is 0.418 e. The number of ether oxygens (including phenoxy) is 1. The van der Waals surface area contributed by atoms with Gasteiger partial charge in [-0.25, -0.2) is 4.98 Å². The van der Waals surface area contributed by atoms with Gasteiger partial charge >= 0.3 is 12.2 Å². The molecule has 44 heavy (non-hydrogen) atoms. The molecule has 0 radical (unpaired) electrons. The maximum atomic E-state index is 14.3. The van der Waals surface area contributed by atoms with Crippen LogP contribution in [-0.4, -0.2) is 71.3 Å². The number of hydrogen-bond acceptors (Lipinski definition) is 8. The number of nitrogens with one attached hydrogen (secondary N) is 2. The largest absolute Gasteiger partial charge is 0.456 e. The van der Waals surface area contributed by atoms with Crippen LogP contribution in [0.15, 0.2) is 54.6 Å². The summed E-state index contributed by atoms with van der Waals surface area (Å²) in [6, 6.07) is 15.0. The van der Waals surface area contributed by atoms with Gasteiger partial charge in [0.15, 0.2) is 0 Å². The lowest BCUT2D eigenvalue weighted by Gasteiger charge is -2.36. The molecular formula is C32H35ClF3N7O. The minimum atomic E-state index is -4.66. The third-order valence-electron chi connectivity index (χ3n) is 8.34. The summed E-state index contributed by atoms with van der Waals surface area (Å²) in [4.78, 5) is 18.4. The third-order valence-corrected chi connectivity index (χ3v) is 8.65. The number of aromatic nitrogens is 3. The quantitative estimate of drug-likeness (QED) is 0.233. The monoisotopic (exact) mass is 625 g/mol. The van der Waals surface area contributed by atoms with E-state index in [0.717, 1.165) is 38.5 Å². The molecule has 0 bridgehead atoms. The van der Waals surface area contributed by atoms with Gasteiger partial charge in [0, 0.05) is 48.9 Å². The second-order valence-electron chi connectivity index (χ2n) is 11.8. The van der Waals surface area contributed by atoms with E-state index in [-0.39, 0.29) is 34.2 Å². The minimum Gasteiger partial charge on any atom is -0.456 e. The van der Waals surface area contributed by atoms with E-state index in [9.17, 15) is 13.2 Å². The Labute approximate surface area is 259 Å². The number of pyridine rings is 1. The number of para-hydroxylation sites is 1. The van der Waals surface area contributed by atoms with Crippen molar-refractivity contribution >= 4 is 39.8 Å². The highest BCUT2D eigenvalue weighted by atomic mass is 35.5. The Kier molecular flexibility index (Phi) is 8.29. The van der Waals surface area contributed by atoms with Gasteiger partial charge < -0.3 is 20.3 Å². The Morgan fingerprint density at radius 3 is 2.41 bits per heavy atom. The van der Waals surface area contributed by atoms with Crippen LogP contribution < -0.4 is 20.3 Å². The Bertz CT molecular complexity index is 1640. The molecule has 2 aliphatic heterocycles. The summed E-state index contributed by atoms with van der Waals surface area (Å²) < 4.78 is 49.4. The molecule has 6 rings (SSSR count). The molecule has 2 N–H and O–H groups in total. The Hall–Kier alpha value is -3.67. The number of benzene rings is 2. The van der Waals surface area contributed by atoms with Crippen LogP contribution in [0.25, 0.3) is 22.2 Å². The number of fused-ring (bicyclic) bond motifs is 1. The first-order chi connectivity index (χ1) is 21.0. The van der Waals surface area contributed by atoms with Crippen molar-refractivity contribution in [3.63, 3.8) is 0 Å². The van der Waals surface area contributed by atoms with Crippen LogP contribution in [0.5, 0.6) is 6.01 Å². The van der Waals surface area contributed by atoms with Gasteiger partial charge in [0.25, 0.3) is 0 Å². The first-order valence-corrected chi connectivity index (χ1v) is 15.1. The van der Waals surface area contributed by atoms with E-state index >= 15 is 0 Å². The summed E-state index contributed by atoms with van der Waals surface area (Å²) >= 11 is 6.78. The Morgan fingerprint density at radius 2 is 1.73 bits per heavy atom. The summed E-state index contributed by atoms with van der Waals surface area (Å²) in [5.41, 5.74) is -0.541. The molecule has 2 aromatic heterocycles. The lowest BCUT2D eigenvalue weighted by molar-refractivity contribution is -0.137. The molecule has 232 valence electrons. The molecule has 8 nitrogen and oxygen atoms in total. The fourth-order valence-corrected chi connectivity index (χ4v) is 6.43. The van der Waals surface area contributed by atoms with E-state index in [1.807, 2.05) is 44.2 Å². The summed E-state index contributed by atoms with van der Waals surface area (Å²) in [5.74, 6) is 0.894. The molecule has 0 aliphatic carbocycles. The number of nitrogens with zero attached hydrogens (tertiary/aromatic N) is 5. The number of rotatable bonds is 7. The number of likely N-dealkylation sites (N-methyl/N-ethyl adjacent to an activating group) is 1. The topological polar surface area (TPSA) is 78.4 Å². The molecule has 0 saturated carbocycles. The standard InChI is InChI=1S/C32H35ClF3N7O/c1-31(2,26-10-7-15-42(26)3)44-30-39-25-19-21(24(33)18-22(25)29(41-30)43-16-13-37-14-17-43)28-23(32(34,35)36)11-12-27(40-28)38-20-8-5-4-6-9-20/h4-6,8-9,11-12,18-19,26,37H,7,10,13-17H2,1-3H3,(H,38,40)/t26-/m0/s1. The van der Waals surface area contributed by atoms with E-state index in [4.69, 9.17) is 26.3 Å². The van der Waals surface area contributed by atoms with Crippen LogP contribution in [0.3, 0.4) is 0 Å². The molecule has 0 amide bonds. The average Bonchev–Trinajstić information content (AvgIpc) is 3.44. The average molecular weight is 626 g/mol.